The molecule has 0 saturated carbocycles. The lowest BCUT2D eigenvalue weighted by molar-refractivity contribution is -0.171. The number of hydrogen-bond donors (Lipinski definition) is 2. The predicted octanol–water partition coefficient (Wildman–Crippen LogP) is 5.41. The van der Waals surface area contributed by atoms with Crippen LogP contribution in [0.25, 0.3) is 0 Å². The lowest BCUT2D eigenvalue weighted by Gasteiger charge is -2.29. The van der Waals surface area contributed by atoms with Gasteiger partial charge in [-0.05, 0) is 24.3 Å². The number of amides is 1. The molecule has 5 rings (SSSR count). The van der Waals surface area contributed by atoms with E-state index in [9.17, 15) is 22.8 Å². The molecule has 2 atom stereocenters. The molecule has 1 amide bonds. The van der Waals surface area contributed by atoms with Crippen molar-refractivity contribution in [2.45, 2.75) is 24.6 Å². The van der Waals surface area contributed by atoms with E-state index >= 15 is 0 Å². The fourth-order valence-electron chi connectivity index (χ4n) is 4.59. The number of carboxylic acids is 1. The fraction of sp³-hybridized carbons (Fsp3) is 0.231. The van der Waals surface area contributed by atoms with Gasteiger partial charge in [0.05, 0.1) is 24.8 Å². The molecule has 2 aliphatic heterocycles. The maximum absolute atomic E-state index is 13.7. The molecule has 0 aliphatic carbocycles. The van der Waals surface area contributed by atoms with Crippen LogP contribution in [-0.2, 0) is 9.59 Å². The Balaban J connectivity index is 1.52. The van der Waals surface area contributed by atoms with Crippen LogP contribution in [0.15, 0.2) is 66.7 Å². The average Bonchev–Trinajstić information content (AvgIpc) is 3.44. The summed E-state index contributed by atoms with van der Waals surface area (Å²) in [6.45, 7) is -0.0770. The molecule has 0 radical (unpaired) electrons. The number of nitrogens with zero attached hydrogens (tertiary/aromatic N) is 1. The summed E-state index contributed by atoms with van der Waals surface area (Å²) in [5.41, 5.74) is 2.33. The van der Waals surface area contributed by atoms with Gasteiger partial charge in [-0.25, -0.2) is 0 Å². The van der Waals surface area contributed by atoms with Gasteiger partial charge in [0.25, 0.3) is 0 Å². The van der Waals surface area contributed by atoms with Gasteiger partial charge in [-0.1, -0.05) is 36.4 Å². The van der Waals surface area contributed by atoms with E-state index in [4.69, 9.17) is 14.6 Å². The van der Waals surface area contributed by atoms with Crippen LogP contribution < -0.4 is 19.7 Å². The third-order valence-corrected chi connectivity index (χ3v) is 6.19. The maximum atomic E-state index is 13.7. The number of aliphatic carboxylic acids is 1. The molecule has 186 valence electrons. The Morgan fingerprint density at radius 1 is 0.972 bits per heavy atom. The predicted molar refractivity (Wildman–Crippen MR) is 125 cm³/mol. The summed E-state index contributed by atoms with van der Waals surface area (Å²) in [6.07, 6.45) is -5.30. The van der Waals surface area contributed by atoms with E-state index in [-0.39, 0.29) is 31.1 Å². The quantitative estimate of drug-likeness (QED) is 0.473. The Morgan fingerprint density at radius 3 is 2.47 bits per heavy atom. The molecule has 2 N–H and O–H groups in total. The lowest BCUT2D eigenvalue weighted by atomic mass is 9.97. The molecule has 36 heavy (non-hydrogen) atoms. The molecule has 3 aromatic rings. The number of anilines is 3. The fourth-order valence-corrected chi connectivity index (χ4v) is 4.59. The number of carboxylic acid groups (broad SMARTS) is 1. The zero-order chi connectivity index (χ0) is 25.4. The van der Waals surface area contributed by atoms with E-state index < -0.39 is 30.0 Å². The average molecular weight is 498 g/mol. The third-order valence-electron chi connectivity index (χ3n) is 6.19. The SMILES string of the molecule is O=C(O)C[C@@H]1COc2cc(N(C(=O)C(F)(F)F)[C@@H]3COc4c(Nc5ccccc5)cccc43)ccc21. The number of alkyl halides is 3. The topological polar surface area (TPSA) is 88.1 Å². The molecule has 0 fully saturated rings. The molecule has 0 spiro atoms. The van der Waals surface area contributed by atoms with E-state index in [0.717, 1.165) is 5.69 Å². The second-order valence-electron chi connectivity index (χ2n) is 8.54. The highest BCUT2D eigenvalue weighted by atomic mass is 19.4. The summed E-state index contributed by atoms with van der Waals surface area (Å²) in [5.74, 6) is -2.83. The van der Waals surface area contributed by atoms with Crippen molar-refractivity contribution < 1.29 is 37.3 Å². The Kier molecular flexibility index (Phi) is 5.95. The van der Waals surface area contributed by atoms with E-state index in [2.05, 4.69) is 5.32 Å². The zero-order valence-electron chi connectivity index (χ0n) is 18.8. The second kappa shape index (κ2) is 9.10. The minimum atomic E-state index is -5.13. The van der Waals surface area contributed by atoms with Crippen molar-refractivity contribution in [1.82, 2.24) is 0 Å². The lowest BCUT2D eigenvalue weighted by Crippen LogP contribution is -2.44. The van der Waals surface area contributed by atoms with Crippen LogP contribution >= 0.6 is 0 Å². The first-order valence-electron chi connectivity index (χ1n) is 11.2. The van der Waals surface area contributed by atoms with Gasteiger partial charge in [-0.2, -0.15) is 13.2 Å². The van der Waals surface area contributed by atoms with Crippen molar-refractivity contribution in [3.05, 3.63) is 77.9 Å². The number of carbonyl (C=O) groups is 2. The maximum Gasteiger partial charge on any atom is 0.471 e. The van der Waals surface area contributed by atoms with Gasteiger partial charge in [-0.15, -0.1) is 0 Å². The second-order valence-corrected chi connectivity index (χ2v) is 8.54. The summed E-state index contributed by atoms with van der Waals surface area (Å²) >= 11 is 0. The first-order chi connectivity index (χ1) is 17.2. The highest BCUT2D eigenvalue weighted by Crippen LogP contribution is 2.46. The normalized spacial score (nSPS) is 18.0. The van der Waals surface area contributed by atoms with E-state index in [1.54, 1.807) is 18.2 Å². The van der Waals surface area contributed by atoms with Gasteiger partial charge in [0.15, 0.2) is 0 Å². The molecule has 10 heteroatoms. The first-order valence-corrected chi connectivity index (χ1v) is 11.2. The van der Waals surface area contributed by atoms with Gasteiger partial charge in [-0.3, -0.25) is 14.5 Å². The van der Waals surface area contributed by atoms with Gasteiger partial charge < -0.3 is 19.9 Å². The Bertz CT molecular complexity index is 1310. The summed E-state index contributed by atoms with van der Waals surface area (Å²) in [5, 5.41) is 12.3. The number of ether oxygens (including phenoxy) is 2. The van der Waals surface area contributed by atoms with Crippen LogP contribution in [0.1, 0.15) is 29.5 Å². The van der Waals surface area contributed by atoms with Crippen molar-refractivity contribution in [3.63, 3.8) is 0 Å². The van der Waals surface area contributed by atoms with Crippen molar-refractivity contribution in [1.29, 1.82) is 0 Å². The third kappa shape index (κ3) is 4.41. The number of rotatable bonds is 6. The Morgan fingerprint density at radius 2 is 1.75 bits per heavy atom. The number of nitrogens with one attached hydrogen (secondary N) is 1. The highest BCUT2D eigenvalue weighted by Gasteiger charge is 2.48. The molecule has 0 saturated heterocycles. The van der Waals surface area contributed by atoms with E-state index in [1.807, 2.05) is 30.3 Å². The number of fused-ring (bicyclic) bond motifs is 2. The molecule has 7 nitrogen and oxygen atoms in total. The molecule has 2 aliphatic rings. The molecule has 0 bridgehead atoms. The molecule has 3 aromatic carbocycles. The number of halogens is 3. The van der Waals surface area contributed by atoms with Crippen LogP contribution in [0.2, 0.25) is 0 Å². The monoisotopic (exact) mass is 498 g/mol. The molecule has 2 heterocycles. The van der Waals surface area contributed by atoms with Gasteiger partial charge in [0.2, 0.25) is 0 Å². The van der Waals surface area contributed by atoms with E-state index in [0.29, 0.717) is 27.5 Å². The van der Waals surface area contributed by atoms with Crippen molar-refractivity contribution in [3.8, 4) is 11.5 Å². The van der Waals surface area contributed by atoms with Crippen LogP contribution in [0.4, 0.5) is 30.2 Å². The molecular formula is C26H21F3N2O5. The van der Waals surface area contributed by atoms with Crippen LogP contribution in [-0.4, -0.2) is 36.4 Å². The van der Waals surface area contributed by atoms with Crippen molar-refractivity contribution in [2.24, 2.45) is 0 Å². The molecular weight excluding hydrogens is 477 g/mol. The standard InChI is InChI=1S/C26H21F3N2O5/c27-26(28,29)25(34)31(17-9-10-18-15(11-23(32)33)13-35-22(18)12-17)21-14-36-24-19(21)7-4-8-20(24)30-16-5-2-1-3-6-16/h1-10,12,15,21,30H,11,13-14H2,(H,32,33)/t15-,21-/m1/s1. The number of benzene rings is 3. The van der Waals surface area contributed by atoms with Crippen LogP contribution in [0, 0.1) is 0 Å². The minimum Gasteiger partial charge on any atom is -0.493 e. The molecule has 0 aromatic heterocycles. The van der Waals surface area contributed by atoms with Crippen LogP contribution in [0.5, 0.6) is 11.5 Å². The summed E-state index contributed by atoms with van der Waals surface area (Å²) < 4.78 is 52.5. The molecule has 0 unspecified atom stereocenters. The Hall–Kier alpha value is -4.21. The van der Waals surface area contributed by atoms with Gasteiger partial charge in [0.1, 0.15) is 18.1 Å². The van der Waals surface area contributed by atoms with Crippen LogP contribution in [0.3, 0.4) is 0 Å². The zero-order valence-corrected chi connectivity index (χ0v) is 18.8. The summed E-state index contributed by atoms with van der Waals surface area (Å²) in [6, 6.07) is 17.5. The summed E-state index contributed by atoms with van der Waals surface area (Å²) in [7, 11) is 0. The number of para-hydroxylation sites is 2. The Labute approximate surface area is 204 Å². The first kappa shape index (κ1) is 23.5. The minimum absolute atomic E-state index is 0.0186. The largest absolute Gasteiger partial charge is 0.493 e. The summed E-state index contributed by atoms with van der Waals surface area (Å²) in [4.78, 5) is 24.5. The van der Waals surface area contributed by atoms with Gasteiger partial charge in [0, 0.05) is 34.5 Å². The van der Waals surface area contributed by atoms with Crippen molar-refractivity contribution >= 4 is 28.9 Å². The highest BCUT2D eigenvalue weighted by molar-refractivity contribution is 5.98. The smallest absolute Gasteiger partial charge is 0.471 e. The van der Waals surface area contributed by atoms with E-state index in [1.165, 1.54) is 18.2 Å². The number of hydrogen-bond acceptors (Lipinski definition) is 5. The number of carbonyl (C=O) groups excluding carboxylic acids is 1. The van der Waals surface area contributed by atoms with Gasteiger partial charge >= 0.3 is 18.1 Å². The van der Waals surface area contributed by atoms with Crippen molar-refractivity contribution in [2.75, 3.05) is 23.4 Å².